The van der Waals surface area contributed by atoms with Crippen molar-refractivity contribution in [3.63, 3.8) is 0 Å². The van der Waals surface area contributed by atoms with Gasteiger partial charge in [0.15, 0.2) is 5.82 Å². The van der Waals surface area contributed by atoms with Gasteiger partial charge in [0.05, 0.1) is 17.8 Å². The summed E-state index contributed by atoms with van der Waals surface area (Å²) in [5.41, 5.74) is 4.79. The van der Waals surface area contributed by atoms with E-state index in [0.29, 0.717) is 17.4 Å². The number of rotatable bonds is 6. The Kier molecular flexibility index (Phi) is 6.70. The fraction of sp³-hybridized carbons (Fsp3) is 0.185. The van der Waals surface area contributed by atoms with Crippen molar-refractivity contribution in [1.29, 1.82) is 0 Å². The Balaban J connectivity index is 1.67. The van der Waals surface area contributed by atoms with Crippen LogP contribution in [-0.4, -0.2) is 32.9 Å². The summed E-state index contributed by atoms with van der Waals surface area (Å²) in [7, 11) is 0. The van der Waals surface area contributed by atoms with Crippen LogP contribution in [-0.2, 0) is 4.79 Å². The average molecular weight is 502 g/mol. The van der Waals surface area contributed by atoms with Gasteiger partial charge in [0, 0.05) is 27.6 Å². The summed E-state index contributed by atoms with van der Waals surface area (Å²) in [6.07, 6.45) is 0.173. The highest BCUT2D eigenvalue weighted by atomic mass is 35.5. The van der Waals surface area contributed by atoms with Gasteiger partial charge in [-0.05, 0) is 55.9 Å². The van der Waals surface area contributed by atoms with E-state index in [0.717, 1.165) is 32.6 Å². The lowest BCUT2D eigenvalue weighted by Crippen LogP contribution is -2.25. The van der Waals surface area contributed by atoms with E-state index in [2.05, 4.69) is 46.7 Å². The third-order valence-electron chi connectivity index (χ3n) is 5.74. The Morgan fingerprint density at radius 1 is 1.03 bits per heavy atom. The topological polar surface area (TPSA) is 72.2 Å². The monoisotopic (exact) mass is 501 g/mol. The van der Waals surface area contributed by atoms with Crippen LogP contribution in [0.2, 0.25) is 5.02 Å². The Hall–Kier alpha value is -3.42. The maximum Gasteiger partial charge on any atom is 0.222 e. The van der Waals surface area contributed by atoms with Crippen LogP contribution >= 0.6 is 23.4 Å². The molecule has 0 spiro atoms. The molecule has 0 aliphatic carbocycles. The molecule has 176 valence electrons. The molecule has 1 aromatic heterocycles. The van der Waals surface area contributed by atoms with Crippen molar-refractivity contribution in [1.82, 2.24) is 20.1 Å². The first kappa shape index (κ1) is 23.3. The summed E-state index contributed by atoms with van der Waals surface area (Å²) in [6, 6.07) is 23.5. The molecule has 0 radical (unpaired) electrons. The van der Waals surface area contributed by atoms with Crippen molar-refractivity contribution >= 4 is 35.0 Å². The molecule has 0 saturated heterocycles. The summed E-state index contributed by atoms with van der Waals surface area (Å²) < 4.78 is 2.04. The summed E-state index contributed by atoms with van der Waals surface area (Å²) in [5, 5.41) is 13.4. The molecule has 35 heavy (non-hydrogen) atoms. The van der Waals surface area contributed by atoms with E-state index in [1.807, 2.05) is 60.0 Å². The minimum atomic E-state index is -0.500. The third kappa shape index (κ3) is 4.88. The molecule has 6 nitrogen and oxygen atoms in total. The molecule has 8 heteroatoms. The van der Waals surface area contributed by atoms with Crippen LogP contribution < -0.4 is 5.32 Å². The number of benzene rings is 3. The Morgan fingerprint density at radius 3 is 2.51 bits per heavy atom. The number of hydrogen-bond donors (Lipinski definition) is 1. The lowest BCUT2D eigenvalue weighted by Gasteiger charge is -2.13. The molecular formula is C27H24ClN5OS. The smallest absolute Gasteiger partial charge is 0.222 e. The Bertz CT molecular complexity index is 1400. The molecule has 2 heterocycles. The van der Waals surface area contributed by atoms with E-state index in [1.165, 1.54) is 5.56 Å². The quantitative estimate of drug-likeness (QED) is 0.362. The molecule has 1 aliphatic rings. The first-order chi connectivity index (χ1) is 17.0. The van der Waals surface area contributed by atoms with Crippen LogP contribution in [0.15, 0.2) is 87.8 Å². The summed E-state index contributed by atoms with van der Waals surface area (Å²) in [4.78, 5) is 18.8. The van der Waals surface area contributed by atoms with Gasteiger partial charge in [-0.1, -0.05) is 59.6 Å². The molecule has 1 atom stereocenters. The highest BCUT2D eigenvalue weighted by Gasteiger charge is 2.30. The van der Waals surface area contributed by atoms with Gasteiger partial charge in [0.2, 0.25) is 11.1 Å². The number of aryl methyl sites for hydroxylation is 1. The normalized spacial score (nSPS) is 14.5. The Morgan fingerprint density at radius 2 is 1.77 bits per heavy atom. The fourth-order valence-electron chi connectivity index (χ4n) is 4.07. The predicted octanol–water partition coefficient (Wildman–Crippen LogP) is 5.80. The van der Waals surface area contributed by atoms with Crippen LogP contribution in [0.1, 0.15) is 41.9 Å². The molecular weight excluding hydrogens is 478 g/mol. The first-order valence-corrected chi connectivity index (χ1v) is 12.6. The van der Waals surface area contributed by atoms with E-state index in [-0.39, 0.29) is 12.3 Å². The maximum absolute atomic E-state index is 12.7. The zero-order valence-electron chi connectivity index (χ0n) is 19.4. The van der Waals surface area contributed by atoms with Gasteiger partial charge in [-0.3, -0.25) is 14.4 Å². The summed E-state index contributed by atoms with van der Waals surface area (Å²) in [5.74, 6) is 0.562. The molecule has 3 aromatic carbocycles. The molecule has 0 fully saturated rings. The predicted molar refractivity (Wildman–Crippen MR) is 140 cm³/mol. The second-order valence-electron chi connectivity index (χ2n) is 8.27. The van der Waals surface area contributed by atoms with E-state index < -0.39 is 6.04 Å². The van der Waals surface area contributed by atoms with E-state index in [9.17, 15) is 4.79 Å². The average Bonchev–Trinajstić information content (AvgIpc) is 3.21. The number of carbonyl (C=O) groups excluding carboxylic acids is 1. The molecule has 0 bridgehead atoms. The number of fused-ring (bicyclic) bond motifs is 3. The second kappa shape index (κ2) is 10.1. The highest BCUT2D eigenvalue weighted by molar-refractivity contribution is 7.99. The maximum atomic E-state index is 12.7. The van der Waals surface area contributed by atoms with E-state index >= 15 is 0 Å². The van der Waals surface area contributed by atoms with Gasteiger partial charge in [-0.25, -0.2) is 0 Å². The zero-order valence-corrected chi connectivity index (χ0v) is 21.0. The lowest BCUT2D eigenvalue weighted by molar-refractivity contribution is -0.121. The number of aliphatic imine (C=N–C) groups is 1. The Labute approximate surface area is 213 Å². The van der Waals surface area contributed by atoms with Gasteiger partial charge in [-0.15, -0.1) is 10.2 Å². The van der Waals surface area contributed by atoms with Crippen LogP contribution in [0.3, 0.4) is 0 Å². The van der Waals surface area contributed by atoms with Crippen molar-refractivity contribution < 1.29 is 4.79 Å². The van der Waals surface area contributed by atoms with Gasteiger partial charge in [0.1, 0.15) is 6.04 Å². The standard InChI is InChI=1S/C27H24ClN5OS/c1-3-29-24(34)16-22-26-31-32-27(35-20-14-8-17(2)9-15-20)33(26)23-7-5-4-6-21(23)25(30-22)18-10-12-19(28)13-11-18/h4-15,22H,3,16H2,1-2H3,(H,29,34)/t22-/m0/s1. The molecule has 1 amide bonds. The van der Waals surface area contributed by atoms with Crippen LogP contribution in [0, 0.1) is 6.92 Å². The van der Waals surface area contributed by atoms with Crippen molar-refractivity contribution in [2.45, 2.75) is 36.4 Å². The van der Waals surface area contributed by atoms with Gasteiger partial charge in [0.25, 0.3) is 0 Å². The summed E-state index contributed by atoms with van der Waals surface area (Å²) in [6.45, 7) is 4.53. The number of carbonyl (C=O) groups is 1. The zero-order chi connectivity index (χ0) is 24.4. The van der Waals surface area contributed by atoms with Crippen LogP contribution in [0.4, 0.5) is 0 Å². The number of aromatic nitrogens is 3. The molecule has 4 aromatic rings. The molecule has 0 saturated carbocycles. The minimum absolute atomic E-state index is 0.0788. The van der Waals surface area contributed by atoms with Gasteiger partial charge >= 0.3 is 0 Å². The molecule has 1 N–H and O–H groups in total. The third-order valence-corrected chi connectivity index (χ3v) is 6.95. The van der Waals surface area contributed by atoms with Gasteiger partial charge in [-0.2, -0.15) is 0 Å². The molecule has 0 unspecified atom stereocenters. The number of halogens is 1. The van der Waals surface area contributed by atoms with Crippen molar-refractivity contribution in [3.8, 4) is 5.69 Å². The van der Waals surface area contributed by atoms with Gasteiger partial charge < -0.3 is 5.32 Å². The van der Waals surface area contributed by atoms with E-state index in [1.54, 1.807) is 11.8 Å². The number of nitrogens with zero attached hydrogens (tertiary/aromatic N) is 4. The minimum Gasteiger partial charge on any atom is -0.356 e. The summed E-state index contributed by atoms with van der Waals surface area (Å²) >= 11 is 7.70. The number of amides is 1. The molecule has 5 rings (SSSR count). The highest BCUT2D eigenvalue weighted by Crippen LogP contribution is 2.37. The number of hydrogen-bond acceptors (Lipinski definition) is 5. The van der Waals surface area contributed by atoms with Crippen molar-refractivity contribution in [2.24, 2.45) is 4.99 Å². The second-order valence-corrected chi connectivity index (χ2v) is 9.74. The number of para-hydroxylation sites is 1. The van der Waals surface area contributed by atoms with Crippen LogP contribution in [0.5, 0.6) is 0 Å². The van der Waals surface area contributed by atoms with Crippen molar-refractivity contribution in [3.05, 3.63) is 100 Å². The van der Waals surface area contributed by atoms with E-state index in [4.69, 9.17) is 16.6 Å². The molecule has 1 aliphatic heterocycles. The SMILES string of the molecule is CCNC(=O)C[C@@H]1N=C(c2ccc(Cl)cc2)c2ccccc2-n2c(Sc3ccc(C)cc3)nnc21. The largest absolute Gasteiger partial charge is 0.356 e. The van der Waals surface area contributed by atoms with Crippen molar-refractivity contribution in [2.75, 3.05) is 6.54 Å². The first-order valence-electron chi connectivity index (χ1n) is 11.4. The number of nitrogens with one attached hydrogen (secondary N) is 1. The lowest BCUT2D eigenvalue weighted by atomic mass is 10.0. The van der Waals surface area contributed by atoms with Crippen LogP contribution in [0.25, 0.3) is 5.69 Å². The fourth-order valence-corrected chi connectivity index (χ4v) is 5.05.